The number of aromatic nitrogens is 2. The van der Waals surface area contributed by atoms with E-state index in [-0.39, 0.29) is 17.0 Å². The topological polar surface area (TPSA) is 72.3 Å². The minimum Gasteiger partial charge on any atom is -0.478 e. The van der Waals surface area contributed by atoms with E-state index < -0.39 is 23.5 Å². The highest BCUT2D eigenvalue weighted by Crippen LogP contribution is 2.27. The van der Waals surface area contributed by atoms with Gasteiger partial charge in [0.1, 0.15) is 23.5 Å². The van der Waals surface area contributed by atoms with Crippen LogP contribution in [-0.2, 0) is 0 Å². The van der Waals surface area contributed by atoms with E-state index in [0.717, 1.165) is 24.5 Å². The van der Waals surface area contributed by atoms with Crippen LogP contribution in [0.3, 0.4) is 0 Å². The lowest BCUT2D eigenvalue weighted by Crippen LogP contribution is -2.03. The number of benzene rings is 1. The molecular weight excluding hydrogens is 258 g/mol. The molecule has 98 valence electrons. The van der Waals surface area contributed by atoms with Crippen molar-refractivity contribution in [3.63, 3.8) is 0 Å². The number of carboxylic acid groups (broad SMARTS) is 1. The number of aryl methyl sites for hydroxylation is 1. The van der Waals surface area contributed by atoms with Gasteiger partial charge in [-0.3, -0.25) is 0 Å². The molecule has 0 unspecified atom stereocenters. The second kappa shape index (κ2) is 4.97. The maximum Gasteiger partial charge on any atom is 0.339 e. The van der Waals surface area contributed by atoms with Gasteiger partial charge in [0.2, 0.25) is 5.82 Å². The van der Waals surface area contributed by atoms with Crippen molar-refractivity contribution in [3.8, 4) is 11.6 Å². The van der Waals surface area contributed by atoms with Gasteiger partial charge < -0.3 is 9.84 Å². The Kier molecular flexibility index (Phi) is 3.37. The molecule has 0 radical (unpaired) electrons. The Hall–Kier alpha value is -2.57. The summed E-state index contributed by atoms with van der Waals surface area (Å²) in [5, 5.41) is 8.93. The van der Waals surface area contributed by atoms with Crippen molar-refractivity contribution in [2.24, 2.45) is 0 Å². The second-order valence-corrected chi connectivity index (χ2v) is 3.63. The summed E-state index contributed by atoms with van der Waals surface area (Å²) in [7, 11) is 0. The largest absolute Gasteiger partial charge is 0.478 e. The van der Waals surface area contributed by atoms with Gasteiger partial charge in [0.25, 0.3) is 5.88 Å². The Labute approximate surface area is 106 Å². The fourth-order valence-electron chi connectivity index (χ4n) is 1.37. The van der Waals surface area contributed by atoms with Gasteiger partial charge in [0.05, 0.1) is 5.69 Å². The molecule has 2 aromatic rings. The SMILES string of the molecule is Cc1ncnc(Oc2cc(F)ccc2C(=O)O)c1F. The van der Waals surface area contributed by atoms with E-state index in [9.17, 15) is 13.6 Å². The summed E-state index contributed by atoms with van der Waals surface area (Å²) < 4.78 is 31.7. The van der Waals surface area contributed by atoms with Gasteiger partial charge in [-0.1, -0.05) is 0 Å². The number of hydrogen-bond donors (Lipinski definition) is 1. The Morgan fingerprint density at radius 2 is 2.05 bits per heavy atom. The van der Waals surface area contributed by atoms with Crippen LogP contribution in [0.2, 0.25) is 0 Å². The van der Waals surface area contributed by atoms with Crippen LogP contribution in [0, 0.1) is 18.6 Å². The van der Waals surface area contributed by atoms with Gasteiger partial charge in [0, 0.05) is 6.07 Å². The van der Waals surface area contributed by atoms with Crippen molar-refractivity contribution in [1.82, 2.24) is 9.97 Å². The van der Waals surface area contributed by atoms with Crippen LogP contribution >= 0.6 is 0 Å². The summed E-state index contributed by atoms with van der Waals surface area (Å²) in [6, 6.07) is 2.84. The molecule has 0 saturated heterocycles. The van der Waals surface area contributed by atoms with Gasteiger partial charge >= 0.3 is 5.97 Å². The molecule has 2 rings (SSSR count). The van der Waals surface area contributed by atoms with E-state index in [0.29, 0.717) is 0 Å². The lowest BCUT2D eigenvalue weighted by atomic mass is 10.2. The standard InChI is InChI=1S/C12H8F2N2O3/c1-6-10(14)11(16-5-15-6)19-9-4-7(13)2-3-8(9)12(17)18/h2-5H,1H3,(H,17,18). The monoisotopic (exact) mass is 266 g/mol. The molecular formula is C12H8F2N2O3. The maximum atomic E-state index is 13.6. The summed E-state index contributed by atoms with van der Waals surface area (Å²) in [5.74, 6) is -3.64. The summed E-state index contributed by atoms with van der Waals surface area (Å²) in [6.45, 7) is 1.40. The molecule has 0 aliphatic carbocycles. The molecule has 0 aliphatic heterocycles. The molecule has 5 nitrogen and oxygen atoms in total. The first-order valence-electron chi connectivity index (χ1n) is 5.17. The van der Waals surface area contributed by atoms with Gasteiger partial charge in [0.15, 0.2) is 0 Å². The van der Waals surface area contributed by atoms with Crippen molar-refractivity contribution in [2.75, 3.05) is 0 Å². The van der Waals surface area contributed by atoms with Gasteiger partial charge in [-0.05, 0) is 19.1 Å². The van der Waals surface area contributed by atoms with E-state index in [2.05, 4.69) is 9.97 Å². The smallest absolute Gasteiger partial charge is 0.339 e. The first-order valence-corrected chi connectivity index (χ1v) is 5.17. The number of aromatic carboxylic acids is 1. The first kappa shape index (κ1) is 12.9. The third-order valence-corrected chi connectivity index (χ3v) is 2.31. The number of rotatable bonds is 3. The maximum absolute atomic E-state index is 13.6. The van der Waals surface area contributed by atoms with Crippen LogP contribution in [0.15, 0.2) is 24.5 Å². The molecule has 7 heteroatoms. The third kappa shape index (κ3) is 2.65. The molecule has 1 aromatic heterocycles. The van der Waals surface area contributed by atoms with Crippen molar-refractivity contribution in [1.29, 1.82) is 0 Å². The Balaban J connectivity index is 2.45. The lowest BCUT2D eigenvalue weighted by Gasteiger charge is -2.09. The van der Waals surface area contributed by atoms with Gasteiger partial charge in [-0.15, -0.1) is 0 Å². The number of carbonyl (C=O) groups is 1. The number of ether oxygens (including phenoxy) is 1. The highest BCUT2D eigenvalue weighted by molar-refractivity contribution is 5.90. The lowest BCUT2D eigenvalue weighted by molar-refractivity contribution is 0.0694. The molecule has 1 aromatic carbocycles. The van der Waals surface area contributed by atoms with E-state index in [1.807, 2.05) is 0 Å². The van der Waals surface area contributed by atoms with Crippen LogP contribution in [0.5, 0.6) is 11.6 Å². The van der Waals surface area contributed by atoms with Crippen LogP contribution in [0.4, 0.5) is 8.78 Å². The van der Waals surface area contributed by atoms with Gasteiger partial charge in [-0.25, -0.2) is 14.2 Å². The van der Waals surface area contributed by atoms with Crippen LogP contribution in [0.1, 0.15) is 16.1 Å². The number of hydrogen-bond acceptors (Lipinski definition) is 4. The predicted octanol–water partition coefficient (Wildman–Crippen LogP) is 2.55. The molecule has 0 bridgehead atoms. The number of carboxylic acids is 1. The van der Waals surface area contributed by atoms with Crippen molar-refractivity contribution < 1.29 is 23.4 Å². The Bertz CT molecular complexity index is 647. The molecule has 0 atom stereocenters. The quantitative estimate of drug-likeness (QED) is 0.924. The highest BCUT2D eigenvalue weighted by Gasteiger charge is 2.16. The Morgan fingerprint density at radius 3 is 2.74 bits per heavy atom. The molecule has 0 spiro atoms. The predicted molar refractivity (Wildman–Crippen MR) is 60.2 cm³/mol. The minimum atomic E-state index is -1.32. The summed E-state index contributed by atoms with van der Waals surface area (Å²) in [5.41, 5.74) is -0.254. The van der Waals surface area contributed by atoms with Crippen molar-refractivity contribution in [2.45, 2.75) is 6.92 Å². The highest BCUT2D eigenvalue weighted by atomic mass is 19.1. The molecule has 1 N–H and O–H groups in total. The van der Waals surface area contributed by atoms with Crippen LogP contribution < -0.4 is 4.74 Å². The number of nitrogens with zero attached hydrogens (tertiary/aromatic N) is 2. The van der Waals surface area contributed by atoms with E-state index >= 15 is 0 Å². The number of halogens is 2. The van der Waals surface area contributed by atoms with E-state index in [1.165, 1.54) is 6.92 Å². The fraction of sp³-hybridized carbons (Fsp3) is 0.0833. The van der Waals surface area contributed by atoms with Crippen LogP contribution in [-0.4, -0.2) is 21.0 Å². The molecule has 0 fully saturated rings. The zero-order chi connectivity index (χ0) is 14.0. The second-order valence-electron chi connectivity index (χ2n) is 3.63. The van der Waals surface area contributed by atoms with E-state index in [1.54, 1.807) is 0 Å². The third-order valence-electron chi connectivity index (χ3n) is 2.31. The molecule has 0 amide bonds. The zero-order valence-corrected chi connectivity index (χ0v) is 9.72. The van der Waals surface area contributed by atoms with E-state index in [4.69, 9.17) is 9.84 Å². The van der Waals surface area contributed by atoms with Crippen molar-refractivity contribution >= 4 is 5.97 Å². The summed E-state index contributed by atoms with van der Waals surface area (Å²) in [4.78, 5) is 18.1. The molecule has 0 aliphatic rings. The van der Waals surface area contributed by atoms with Gasteiger partial charge in [-0.2, -0.15) is 9.37 Å². The zero-order valence-electron chi connectivity index (χ0n) is 9.72. The summed E-state index contributed by atoms with van der Waals surface area (Å²) >= 11 is 0. The normalized spacial score (nSPS) is 10.3. The molecule has 19 heavy (non-hydrogen) atoms. The average Bonchev–Trinajstić information content (AvgIpc) is 2.35. The first-order chi connectivity index (χ1) is 8.99. The summed E-state index contributed by atoms with van der Waals surface area (Å²) in [6.07, 6.45) is 1.06. The minimum absolute atomic E-state index is 0.0401. The van der Waals surface area contributed by atoms with Crippen LogP contribution in [0.25, 0.3) is 0 Å². The average molecular weight is 266 g/mol. The fourth-order valence-corrected chi connectivity index (χ4v) is 1.37. The van der Waals surface area contributed by atoms with Crippen molar-refractivity contribution in [3.05, 3.63) is 47.4 Å². The molecule has 1 heterocycles. The Morgan fingerprint density at radius 1 is 1.32 bits per heavy atom. The molecule has 0 saturated carbocycles.